The van der Waals surface area contributed by atoms with Gasteiger partial charge in [0.1, 0.15) is 11.5 Å². The van der Waals surface area contributed by atoms with Crippen molar-refractivity contribution in [3.05, 3.63) is 69.8 Å². The van der Waals surface area contributed by atoms with Gasteiger partial charge in [0.25, 0.3) is 0 Å². The van der Waals surface area contributed by atoms with Crippen LogP contribution in [0.25, 0.3) is 5.57 Å². The van der Waals surface area contributed by atoms with Crippen molar-refractivity contribution in [2.45, 2.75) is 53.4 Å². The number of carboxylic acid groups (broad SMARTS) is 2. The monoisotopic (exact) mass is 520 g/mol. The summed E-state index contributed by atoms with van der Waals surface area (Å²) in [5.41, 5.74) is 6.41. The highest BCUT2D eigenvalue weighted by Gasteiger charge is 2.24. The van der Waals surface area contributed by atoms with Gasteiger partial charge >= 0.3 is 11.9 Å². The molecule has 1 aliphatic rings. The number of aromatic carboxylic acids is 1. The molecule has 0 heterocycles. The van der Waals surface area contributed by atoms with Crippen molar-refractivity contribution in [3.63, 3.8) is 0 Å². The number of aromatic hydroxyl groups is 1. The van der Waals surface area contributed by atoms with Gasteiger partial charge in [-0.15, -0.1) is 0 Å². The molecule has 0 saturated heterocycles. The van der Waals surface area contributed by atoms with Crippen LogP contribution in [-0.2, 0) is 4.79 Å². The van der Waals surface area contributed by atoms with E-state index in [1.54, 1.807) is 18.2 Å². The predicted octanol–water partition coefficient (Wildman–Crippen LogP) is 6.08. The minimum absolute atomic E-state index is 0.0311. The second-order valence-corrected chi connectivity index (χ2v) is 9.22. The average molecular weight is 521 g/mol. The van der Waals surface area contributed by atoms with Crippen molar-refractivity contribution < 1.29 is 29.6 Å². The number of aliphatic carboxylic acids is 1. The van der Waals surface area contributed by atoms with Crippen LogP contribution in [0.1, 0.15) is 73.5 Å². The number of hydrogen-bond donors (Lipinski definition) is 4. The molecule has 2 aromatic rings. The lowest BCUT2D eigenvalue weighted by molar-refractivity contribution is -0.137. The number of carbonyl (C=O) groups is 2. The van der Waals surface area contributed by atoms with Gasteiger partial charge in [-0.05, 0) is 99.1 Å². The Bertz CT molecular complexity index is 1310. The number of nitrogens with zero attached hydrogens (tertiary/aromatic N) is 1. The van der Waals surface area contributed by atoms with Gasteiger partial charge in [-0.25, -0.2) is 4.79 Å². The van der Waals surface area contributed by atoms with Gasteiger partial charge in [-0.2, -0.15) is 0 Å². The van der Waals surface area contributed by atoms with Crippen LogP contribution in [0.5, 0.6) is 11.5 Å². The molecule has 0 amide bonds. The number of hydrogen-bond acceptors (Lipinski definition) is 6. The lowest BCUT2D eigenvalue weighted by Crippen LogP contribution is -2.11. The zero-order valence-electron chi connectivity index (χ0n) is 22.4. The summed E-state index contributed by atoms with van der Waals surface area (Å²) >= 11 is 0. The molecule has 0 unspecified atom stereocenters. The second kappa shape index (κ2) is 12.9. The highest BCUT2D eigenvalue weighted by atomic mass is 16.5. The summed E-state index contributed by atoms with van der Waals surface area (Å²) in [6.45, 7) is 9.47. The molecular weight excluding hydrogens is 484 g/mol. The number of rotatable bonds is 11. The third-order valence-corrected chi connectivity index (χ3v) is 6.42. The molecule has 8 nitrogen and oxygen atoms in total. The van der Waals surface area contributed by atoms with E-state index < -0.39 is 11.9 Å². The fraction of sp³-hybridized carbons (Fsp3) is 0.367. The van der Waals surface area contributed by atoms with Crippen molar-refractivity contribution in [3.8, 4) is 11.5 Å². The van der Waals surface area contributed by atoms with E-state index in [1.807, 2.05) is 39.8 Å². The number of benzene rings is 2. The standard InChI is InChI=1S/C30H36N2O6/c1-5-31-25-12-9-20(14-18(25)3)29(24-15-19(4)26(32-6-2)17-27(24)33)22-11-10-21(16-23(22)30(36)37)38-13-7-8-28(34)35/h10-11,14-17,32-33H,5-9,12-13H2,1-4H3,(H,34,35)(H,36,37)/b29-20+,31-25?. The van der Waals surface area contributed by atoms with Gasteiger partial charge in [-0.1, -0.05) is 6.08 Å². The van der Waals surface area contributed by atoms with Gasteiger partial charge in [-0.3, -0.25) is 9.79 Å². The Morgan fingerprint density at radius 2 is 1.79 bits per heavy atom. The largest absolute Gasteiger partial charge is 0.507 e. The van der Waals surface area contributed by atoms with Crippen LogP contribution in [0.3, 0.4) is 0 Å². The highest BCUT2D eigenvalue weighted by molar-refractivity contribution is 6.04. The lowest BCUT2D eigenvalue weighted by Gasteiger charge is -2.23. The zero-order chi connectivity index (χ0) is 27.8. The summed E-state index contributed by atoms with van der Waals surface area (Å²) in [6.07, 6.45) is 3.67. The molecule has 2 aromatic carbocycles. The summed E-state index contributed by atoms with van der Waals surface area (Å²) in [7, 11) is 0. The maximum atomic E-state index is 12.4. The Kier molecular flexibility index (Phi) is 9.71. The zero-order valence-corrected chi connectivity index (χ0v) is 22.4. The minimum Gasteiger partial charge on any atom is -0.507 e. The van der Waals surface area contributed by atoms with E-state index in [4.69, 9.17) is 9.84 Å². The average Bonchev–Trinajstić information content (AvgIpc) is 2.87. The first-order valence-corrected chi connectivity index (χ1v) is 12.9. The number of carboxylic acids is 2. The Labute approximate surface area is 223 Å². The van der Waals surface area contributed by atoms with Gasteiger partial charge in [0, 0.05) is 42.5 Å². The summed E-state index contributed by atoms with van der Waals surface area (Å²) in [6, 6.07) is 8.40. The van der Waals surface area contributed by atoms with Gasteiger partial charge in [0.2, 0.25) is 0 Å². The van der Waals surface area contributed by atoms with Crippen LogP contribution in [-0.4, -0.2) is 52.7 Å². The summed E-state index contributed by atoms with van der Waals surface area (Å²) in [5.74, 6) is -1.64. The first kappa shape index (κ1) is 28.5. The smallest absolute Gasteiger partial charge is 0.336 e. The number of phenolic OH excluding ortho intramolecular Hbond substituents is 1. The van der Waals surface area contributed by atoms with Gasteiger partial charge in [0.15, 0.2) is 0 Å². The molecule has 8 heteroatoms. The third kappa shape index (κ3) is 6.82. The quantitative estimate of drug-likeness (QED) is 0.264. The van der Waals surface area contributed by atoms with E-state index in [0.29, 0.717) is 48.4 Å². The van der Waals surface area contributed by atoms with Crippen LogP contribution in [0.4, 0.5) is 5.69 Å². The maximum Gasteiger partial charge on any atom is 0.336 e. The van der Waals surface area contributed by atoms with E-state index in [9.17, 15) is 19.8 Å². The number of allylic oxidation sites excluding steroid dienone is 3. The number of aliphatic imine (C=N–C) groups is 1. The number of nitrogens with one attached hydrogen (secondary N) is 1. The van der Waals surface area contributed by atoms with E-state index in [0.717, 1.165) is 34.5 Å². The predicted molar refractivity (Wildman–Crippen MR) is 150 cm³/mol. The number of anilines is 1. The van der Waals surface area contributed by atoms with Crippen molar-refractivity contribution in [1.29, 1.82) is 0 Å². The molecular formula is C30H36N2O6. The molecule has 0 atom stereocenters. The topological polar surface area (TPSA) is 128 Å². The third-order valence-electron chi connectivity index (χ3n) is 6.42. The van der Waals surface area contributed by atoms with Crippen molar-refractivity contribution in [2.24, 2.45) is 4.99 Å². The van der Waals surface area contributed by atoms with Crippen LogP contribution in [0, 0.1) is 6.92 Å². The number of aryl methyl sites for hydroxylation is 1. The lowest BCUT2D eigenvalue weighted by atomic mass is 9.83. The van der Waals surface area contributed by atoms with Crippen molar-refractivity contribution in [1.82, 2.24) is 0 Å². The fourth-order valence-electron chi connectivity index (χ4n) is 4.65. The first-order valence-electron chi connectivity index (χ1n) is 12.9. The molecule has 0 fully saturated rings. The van der Waals surface area contributed by atoms with Gasteiger partial charge < -0.3 is 25.4 Å². The molecule has 1 aliphatic carbocycles. The Hall–Kier alpha value is -4.07. The molecule has 3 rings (SSSR count). The number of phenols is 1. The normalized spacial score (nSPS) is 15.7. The molecule has 4 N–H and O–H groups in total. The van der Waals surface area contributed by atoms with Gasteiger partial charge in [0.05, 0.1) is 12.2 Å². The summed E-state index contributed by atoms with van der Waals surface area (Å²) in [5, 5.41) is 33.4. The van der Waals surface area contributed by atoms with Crippen LogP contribution >= 0.6 is 0 Å². The highest BCUT2D eigenvalue weighted by Crippen LogP contribution is 2.41. The van der Waals surface area contributed by atoms with Crippen LogP contribution in [0.15, 0.2) is 52.5 Å². The molecule has 0 bridgehead atoms. The first-order chi connectivity index (χ1) is 18.2. The van der Waals surface area contributed by atoms with Crippen molar-refractivity contribution in [2.75, 3.05) is 25.0 Å². The van der Waals surface area contributed by atoms with E-state index in [2.05, 4.69) is 10.3 Å². The summed E-state index contributed by atoms with van der Waals surface area (Å²) in [4.78, 5) is 27.8. The molecule has 0 aromatic heterocycles. The SMILES string of the molecule is CCN=C1CC/C(=C(\c2cc(C)c(NCC)cc2O)c2ccc(OCCCC(=O)O)cc2C(=O)O)C=C1C. The molecule has 202 valence electrons. The molecule has 38 heavy (non-hydrogen) atoms. The van der Waals surface area contributed by atoms with Crippen molar-refractivity contribution >= 4 is 28.9 Å². The minimum atomic E-state index is -1.13. The Balaban J connectivity index is 2.20. The summed E-state index contributed by atoms with van der Waals surface area (Å²) < 4.78 is 5.65. The van der Waals surface area contributed by atoms with E-state index in [-0.39, 0.29) is 24.3 Å². The van der Waals surface area contributed by atoms with Crippen LogP contribution in [0.2, 0.25) is 0 Å². The second-order valence-electron chi connectivity index (χ2n) is 9.22. The van der Waals surface area contributed by atoms with E-state index in [1.165, 1.54) is 6.07 Å². The Morgan fingerprint density at radius 1 is 1.03 bits per heavy atom. The molecule has 0 aliphatic heterocycles. The maximum absolute atomic E-state index is 12.4. The fourth-order valence-corrected chi connectivity index (χ4v) is 4.65. The number of ether oxygens (including phenoxy) is 1. The Morgan fingerprint density at radius 3 is 2.42 bits per heavy atom. The molecule has 0 radical (unpaired) electrons. The van der Waals surface area contributed by atoms with Crippen LogP contribution < -0.4 is 10.1 Å². The molecule has 0 saturated carbocycles. The van der Waals surface area contributed by atoms with E-state index >= 15 is 0 Å². The molecule has 0 spiro atoms.